The van der Waals surface area contributed by atoms with Crippen molar-refractivity contribution in [3.63, 3.8) is 0 Å². The van der Waals surface area contributed by atoms with E-state index >= 15 is 0 Å². The molecule has 146 valence electrons. The molecule has 2 aromatic rings. The second-order valence-corrected chi connectivity index (χ2v) is 7.10. The first-order chi connectivity index (χ1) is 12.1. The number of benzene rings is 2. The molecule has 0 fully saturated rings. The molecule has 1 unspecified atom stereocenters. The number of nitrogens with zero attached hydrogens (tertiary/aromatic N) is 2. The van der Waals surface area contributed by atoms with Gasteiger partial charge in [-0.05, 0) is 55.0 Å². The van der Waals surface area contributed by atoms with Gasteiger partial charge in [0.05, 0.1) is 6.04 Å². The minimum absolute atomic E-state index is 0. The second kappa shape index (κ2) is 8.96. The highest BCUT2D eigenvalue weighted by Gasteiger charge is 2.31. The summed E-state index contributed by atoms with van der Waals surface area (Å²) in [5.74, 6) is 0.186. The largest absolute Gasteiger partial charge is 0.398 e. The van der Waals surface area contributed by atoms with Gasteiger partial charge in [-0.15, -0.1) is 24.8 Å². The molecule has 2 aliphatic heterocycles. The van der Waals surface area contributed by atoms with Crippen LogP contribution in [0.3, 0.4) is 0 Å². The third-order valence-corrected chi connectivity index (χ3v) is 5.62. The summed E-state index contributed by atoms with van der Waals surface area (Å²) >= 11 is 0. The molecule has 6 heteroatoms. The van der Waals surface area contributed by atoms with Crippen molar-refractivity contribution in [2.24, 2.45) is 0 Å². The van der Waals surface area contributed by atoms with Gasteiger partial charge in [0.2, 0.25) is 5.91 Å². The first-order valence-corrected chi connectivity index (χ1v) is 9.14. The van der Waals surface area contributed by atoms with Gasteiger partial charge in [0.1, 0.15) is 0 Å². The molecule has 27 heavy (non-hydrogen) atoms. The summed E-state index contributed by atoms with van der Waals surface area (Å²) in [4.78, 5) is 17.5. The van der Waals surface area contributed by atoms with Gasteiger partial charge in [-0.1, -0.05) is 30.3 Å². The van der Waals surface area contributed by atoms with Crippen molar-refractivity contribution in [2.45, 2.75) is 38.8 Å². The lowest BCUT2D eigenvalue weighted by atomic mass is 9.97. The maximum atomic E-state index is 13.2. The van der Waals surface area contributed by atoms with E-state index in [9.17, 15) is 4.79 Å². The van der Waals surface area contributed by atoms with Crippen molar-refractivity contribution in [1.29, 1.82) is 0 Å². The van der Waals surface area contributed by atoms with Crippen LogP contribution >= 0.6 is 24.8 Å². The fourth-order valence-electron chi connectivity index (χ4n) is 4.11. The zero-order chi connectivity index (χ0) is 17.4. The quantitative estimate of drug-likeness (QED) is 0.769. The predicted molar refractivity (Wildman–Crippen MR) is 116 cm³/mol. The minimum Gasteiger partial charge on any atom is -0.398 e. The predicted octanol–water partition coefficient (Wildman–Crippen LogP) is 3.84. The lowest BCUT2D eigenvalue weighted by molar-refractivity contribution is -0.123. The molecular formula is C21H27Cl2N3O. The highest BCUT2D eigenvalue weighted by Crippen LogP contribution is 2.32. The van der Waals surface area contributed by atoms with E-state index in [1.165, 1.54) is 11.1 Å². The number of nitrogen functional groups attached to an aromatic ring is 1. The Morgan fingerprint density at radius 1 is 1.00 bits per heavy atom. The molecule has 2 aliphatic rings. The van der Waals surface area contributed by atoms with Crippen LogP contribution in [-0.4, -0.2) is 29.9 Å². The third-order valence-electron chi connectivity index (χ3n) is 5.62. The van der Waals surface area contributed by atoms with E-state index < -0.39 is 0 Å². The van der Waals surface area contributed by atoms with E-state index in [0.29, 0.717) is 0 Å². The van der Waals surface area contributed by atoms with Crippen LogP contribution in [0.1, 0.15) is 30.0 Å². The first kappa shape index (κ1) is 21.5. The molecule has 2 heterocycles. The Labute approximate surface area is 173 Å². The number of hydrogen-bond acceptors (Lipinski definition) is 3. The summed E-state index contributed by atoms with van der Waals surface area (Å²) in [6.45, 7) is 4.60. The van der Waals surface area contributed by atoms with Gasteiger partial charge in [0, 0.05) is 31.0 Å². The summed E-state index contributed by atoms with van der Waals surface area (Å²) in [5.41, 5.74) is 11.8. The Balaban J connectivity index is 0.00000131. The van der Waals surface area contributed by atoms with Crippen molar-refractivity contribution < 1.29 is 4.79 Å². The summed E-state index contributed by atoms with van der Waals surface area (Å²) in [7, 11) is 0. The molecule has 2 aromatic carbocycles. The fourth-order valence-corrected chi connectivity index (χ4v) is 4.11. The molecule has 0 aromatic heterocycles. The summed E-state index contributed by atoms with van der Waals surface area (Å²) in [6.07, 6.45) is 2.94. The van der Waals surface area contributed by atoms with Crippen molar-refractivity contribution in [2.75, 3.05) is 23.7 Å². The Bertz CT molecular complexity index is 812. The van der Waals surface area contributed by atoms with Gasteiger partial charge in [0.25, 0.3) is 0 Å². The van der Waals surface area contributed by atoms with Crippen LogP contribution in [0.25, 0.3) is 0 Å². The van der Waals surface area contributed by atoms with Crippen molar-refractivity contribution in [1.82, 2.24) is 4.90 Å². The number of halogens is 2. The number of amides is 1. The number of fused-ring (bicyclic) bond motifs is 2. The number of carbonyl (C=O) groups is 1. The first-order valence-electron chi connectivity index (χ1n) is 9.14. The Hall–Kier alpha value is -1.75. The second-order valence-electron chi connectivity index (χ2n) is 7.10. The number of anilines is 2. The topological polar surface area (TPSA) is 49.6 Å². The lowest BCUT2D eigenvalue weighted by Gasteiger charge is -2.37. The average Bonchev–Trinajstić information content (AvgIpc) is 2.66. The fraction of sp³-hybridized carbons (Fsp3) is 0.381. The third kappa shape index (κ3) is 4.08. The SMILES string of the molecule is CC(C(=O)N1CCCc2c(N)cccc21)N1CCc2ccccc2C1.Cl.Cl. The van der Waals surface area contributed by atoms with Crippen molar-refractivity contribution in [3.05, 3.63) is 59.2 Å². The van der Waals surface area contributed by atoms with Gasteiger partial charge >= 0.3 is 0 Å². The van der Waals surface area contributed by atoms with Crippen LogP contribution in [0.5, 0.6) is 0 Å². The maximum Gasteiger partial charge on any atom is 0.244 e. The Morgan fingerprint density at radius 3 is 2.52 bits per heavy atom. The summed E-state index contributed by atoms with van der Waals surface area (Å²) in [6, 6.07) is 14.3. The highest BCUT2D eigenvalue weighted by molar-refractivity contribution is 5.98. The van der Waals surface area contributed by atoms with E-state index in [1.807, 2.05) is 30.0 Å². The molecule has 4 rings (SSSR count). The molecule has 2 N–H and O–H groups in total. The van der Waals surface area contributed by atoms with Crippen LogP contribution in [-0.2, 0) is 24.2 Å². The monoisotopic (exact) mass is 407 g/mol. The van der Waals surface area contributed by atoms with Crippen LogP contribution < -0.4 is 10.6 Å². The molecule has 0 saturated carbocycles. The summed E-state index contributed by atoms with van der Waals surface area (Å²) < 4.78 is 0. The summed E-state index contributed by atoms with van der Waals surface area (Å²) in [5, 5.41) is 0. The van der Waals surface area contributed by atoms with Gasteiger partial charge in [-0.2, -0.15) is 0 Å². The minimum atomic E-state index is -0.124. The van der Waals surface area contributed by atoms with Gasteiger partial charge in [-0.25, -0.2) is 0 Å². The van der Waals surface area contributed by atoms with E-state index in [2.05, 4.69) is 29.2 Å². The van der Waals surface area contributed by atoms with Crippen LogP contribution in [0.2, 0.25) is 0 Å². The lowest BCUT2D eigenvalue weighted by Crippen LogP contribution is -2.50. The molecule has 0 saturated heterocycles. The normalized spacial score (nSPS) is 17.0. The molecule has 1 amide bonds. The standard InChI is InChI=1S/C21H25N3O.2ClH/c1-15(23-13-11-16-6-2-3-7-17(16)14-23)21(25)24-12-5-8-18-19(22)9-4-10-20(18)24;;/h2-4,6-7,9-10,15H,5,8,11-14,22H2,1H3;2*1H. The van der Waals surface area contributed by atoms with E-state index in [1.54, 1.807) is 0 Å². The van der Waals surface area contributed by atoms with E-state index in [0.717, 1.165) is 55.8 Å². The number of rotatable bonds is 2. The van der Waals surface area contributed by atoms with E-state index in [4.69, 9.17) is 5.73 Å². The Morgan fingerprint density at radius 2 is 1.74 bits per heavy atom. The highest BCUT2D eigenvalue weighted by atomic mass is 35.5. The molecular weight excluding hydrogens is 381 g/mol. The number of carbonyl (C=O) groups excluding carboxylic acids is 1. The van der Waals surface area contributed by atoms with Crippen molar-refractivity contribution >= 4 is 42.1 Å². The smallest absolute Gasteiger partial charge is 0.244 e. The number of nitrogens with two attached hydrogens (primary N) is 1. The molecule has 4 nitrogen and oxygen atoms in total. The van der Waals surface area contributed by atoms with Crippen LogP contribution in [0.15, 0.2) is 42.5 Å². The zero-order valence-electron chi connectivity index (χ0n) is 15.6. The molecule has 0 bridgehead atoms. The number of hydrogen-bond donors (Lipinski definition) is 1. The molecule has 0 spiro atoms. The Kier molecular flexibility index (Phi) is 7.15. The van der Waals surface area contributed by atoms with Gasteiger partial charge in [-0.3, -0.25) is 9.69 Å². The molecule has 0 aliphatic carbocycles. The average molecular weight is 408 g/mol. The van der Waals surface area contributed by atoms with Crippen LogP contribution in [0.4, 0.5) is 11.4 Å². The molecule has 1 atom stereocenters. The molecule has 0 radical (unpaired) electrons. The van der Waals surface area contributed by atoms with Gasteiger partial charge in [0.15, 0.2) is 0 Å². The van der Waals surface area contributed by atoms with Crippen LogP contribution in [0, 0.1) is 0 Å². The van der Waals surface area contributed by atoms with E-state index in [-0.39, 0.29) is 36.8 Å². The zero-order valence-corrected chi connectivity index (χ0v) is 17.2. The maximum absolute atomic E-state index is 13.2. The van der Waals surface area contributed by atoms with Gasteiger partial charge < -0.3 is 10.6 Å². The van der Waals surface area contributed by atoms with Crippen molar-refractivity contribution in [3.8, 4) is 0 Å².